The van der Waals surface area contributed by atoms with E-state index in [2.05, 4.69) is 39.2 Å². The molecule has 0 aromatic rings. The highest BCUT2D eigenvalue weighted by Gasteiger charge is 2.06. The molecule has 10 heavy (non-hydrogen) atoms. The fourth-order valence-corrected chi connectivity index (χ4v) is 1.07. The summed E-state index contributed by atoms with van der Waals surface area (Å²) >= 11 is 0. The van der Waals surface area contributed by atoms with E-state index >= 15 is 0 Å². The van der Waals surface area contributed by atoms with Crippen LogP contribution in [0.5, 0.6) is 0 Å². The Hall–Kier alpha value is -0.480. The molecule has 0 aromatic carbocycles. The van der Waals surface area contributed by atoms with E-state index in [1.54, 1.807) is 0 Å². The molecule has 0 N–H and O–H groups in total. The summed E-state index contributed by atoms with van der Waals surface area (Å²) in [5.41, 5.74) is 2.83. The second-order valence-electron chi connectivity index (χ2n) is 3.00. The van der Waals surface area contributed by atoms with Gasteiger partial charge in [-0.2, -0.15) is 0 Å². The van der Waals surface area contributed by atoms with E-state index in [9.17, 15) is 0 Å². The van der Waals surface area contributed by atoms with Crippen molar-refractivity contribution >= 4 is 0 Å². The lowest BCUT2D eigenvalue weighted by atomic mass is 9.92. The van der Waals surface area contributed by atoms with Crippen LogP contribution in [0.4, 0.5) is 0 Å². The van der Waals surface area contributed by atoms with Crippen LogP contribution in [0, 0.1) is 11.8 Å². The minimum Gasteiger partial charge on any atom is -0.133 e. The van der Waals surface area contributed by atoms with Gasteiger partial charge in [0.25, 0.3) is 0 Å². The molecule has 0 heteroatoms. The molecule has 0 fully saturated rings. The fraction of sp³-hybridized carbons (Fsp3) is 0.700. The summed E-state index contributed by atoms with van der Waals surface area (Å²) in [6.45, 7) is 10.3. The van der Waals surface area contributed by atoms with E-state index in [-0.39, 0.29) is 0 Å². The second kappa shape index (κ2) is 5.32. The van der Waals surface area contributed by atoms with E-state index in [4.69, 9.17) is 0 Å². The molecular weight excluding hydrogens is 120 g/mol. The Labute approximate surface area is 64.6 Å². The van der Waals surface area contributed by atoms with Gasteiger partial charge in [0.05, 0.1) is 0 Å². The molecule has 0 aliphatic carbocycles. The fourth-order valence-electron chi connectivity index (χ4n) is 1.07. The van der Waals surface area contributed by atoms with Gasteiger partial charge in [0.1, 0.15) is 0 Å². The van der Waals surface area contributed by atoms with Gasteiger partial charge in [0.15, 0.2) is 0 Å². The first-order valence-corrected chi connectivity index (χ1v) is 4.08. The first-order chi connectivity index (χ1) is 4.72. The molecule has 0 aromatic heterocycles. The second-order valence-corrected chi connectivity index (χ2v) is 3.00. The molecule has 0 nitrogen and oxygen atoms in total. The molecule has 0 aliphatic rings. The number of rotatable bonds is 4. The molecule has 0 amide bonds. The third-order valence-corrected chi connectivity index (χ3v) is 2.02. The highest BCUT2D eigenvalue weighted by atomic mass is 14.1. The predicted molar refractivity (Wildman–Crippen MR) is 46.9 cm³/mol. The number of hydrogen-bond acceptors (Lipinski definition) is 0. The molecule has 2 atom stereocenters. The summed E-state index contributed by atoms with van der Waals surface area (Å²) in [6, 6.07) is 0. The molecular formula is C10H18. The standard InChI is InChI=1S/C10H18/c1-5-7-9(3)10(4)8-6-2/h7,9-10H,1,6,8H2,2-4H3. The Kier molecular flexibility index (Phi) is 5.06. The molecule has 0 aliphatic heterocycles. The highest BCUT2D eigenvalue weighted by Crippen LogP contribution is 2.16. The predicted octanol–water partition coefficient (Wildman–Crippen LogP) is 3.40. The van der Waals surface area contributed by atoms with Gasteiger partial charge in [0, 0.05) is 0 Å². The molecule has 0 rings (SSSR count). The highest BCUT2D eigenvalue weighted by molar-refractivity contribution is 4.84. The van der Waals surface area contributed by atoms with Gasteiger partial charge in [-0.3, -0.25) is 0 Å². The maximum Gasteiger partial charge on any atom is -0.0160 e. The zero-order valence-electron chi connectivity index (χ0n) is 7.35. The van der Waals surface area contributed by atoms with Crippen molar-refractivity contribution in [2.45, 2.75) is 33.6 Å². The smallest absolute Gasteiger partial charge is 0.0160 e. The molecule has 0 spiro atoms. The first kappa shape index (κ1) is 9.52. The zero-order valence-corrected chi connectivity index (χ0v) is 7.35. The van der Waals surface area contributed by atoms with Gasteiger partial charge in [-0.15, -0.1) is 5.73 Å². The molecule has 0 saturated heterocycles. The van der Waals surface area contributed by atoms with Crippen molar-refractivity contribution in [1.29, 1.82) is 0 Å². The monoisotopic (exact) mass is 138 g/mol. The van der Waals surface area contributed by atoms with Crippen LogP contribution in [-0.2, 0) is 0 Å². The van der Waals surface area contributed by atoms with Gasteiger partial charge in [-0.1, -0.05) is 40.2 Å². The van der Waals surface area contributed by atoms with Gasteiger partial charge < -0.3 is 0 Å². The van der Waals surface area contributed by atoms with Crippen molar-refractivity contribution in [3.8, 4) is 0 Å². The van der Waals surface area contributed by atoms with Crippen molar-refractivity contribution in [3.05, 3.63) is 18.4 Å². The lowest BCUT2D eigenvalue weighted by molar-refractivity contribution is 0.424. The summed E-state index contributed by atoms with van der Waals surface area (Å²) in [5.74, 6) is 1.41. The van der Waals surface area contributed by atoms with Gasteiger partial charge >= 0.3 is 0 Å². The van der Waals surface area contributed by atoms with Crippen molar-refractivity contribution < 1.29 is 0 Å². The Morgan fingerprint density at radius 2 is 2.10 bits per heavy atom. The van der Waals surface area contributed by atoms with Gasteiger partial charge in [0.2, 0.25) is 0 Å². The summed E-state index contributed by atoms with van der Waals surface area (Å²) in [5, 5.41) is 0. The van der Waals surface area contributed by atoms with Crippen LogP contribution < -0.4 is 0 Å². The van der Waals surface area contributed by atoms with Crippen LogP contribution in [0.2, 0.25) is 0 Å². The molecule has 0 bridgehead atoms. The Bertz CT molecular complexity index is 118. The average molecular weight is 138 g/mol. The minimum atomic E-state index is 0.637. The third kappa shape index (κ3) is 3.53. The van der Waals surface area contributed by atoms with Gasteiger partial charge in [-0.05, 0) is 17.9 Å². The van der Waals surface area contributed by atoms with E-state index in [0.717, 1.165) is 5.92 Å². The summed E-state index contributed by atoms with van der Waals surface area (Å²) in [4.78, 5) is 0. The van der Waals surface area contributed by atoms with Crippen LogP contribution in [0.1, 0.15) is 33.6 Å². The van der Waals surface area contributed by atoms with Crippen LogP contribution >= 0.6 is 0 Å². The van der Waals surface area contributed by atoms with E-state index in [0.29, 0.717) is 5.92 Å². The Morgan fingerprint density at radius 3 is 2.50 bits per heavy atom. The topological polar surface area (TPSA) is 0 Å². The van der Waals surface area contributed by atoms with Crippen molar-refractivity contribution in [1.82, 2.24) is 0 Å². The van der Waals surface area contributed by atoms with Crippen LogP contribution in [-0.4, -0.2) is 0 Å². The van der Waals surface area contributed by atoms with Crippen molar-refractivity contribution in [3.63, 3.8) is 0 Å². The van der Waals surface area contributed by atoms with Crippen molar-refractivity contribution in [2.75, 3.05) is 0 Å². The summed E-state index contributed by atoms with van der Waals surface area (Å²) in [7, 11) is 0. The molecule has 0 radical (unpaired) electrons. The number of allylic oxidation sites excluding steroid dienone is 1. The number of hydrogen-bond donors (Lipinski definition) is 0. The van der Waals surface area contributed by atoms with E-state index in [1.807, 2.05) is 0 Å². The lowest BCUT2D eigenvalue weighted by Crippen LogP contribution is -2.03. The normalized spacial score (nSPS) is 15.5. The van der Waals surface area contributed by atoms with E-state index < -0.39 is 0 Å². The summed E-state index contributed by atoms with van der Waals surface area (Å²) < 4.78 is 0. The summed E-state index contributed by atoms with van der Waals surface area (Å²) in [6.07, 6.45) is 4.64. The minimum absolute atomic E-state index is 0.637. The molecule has 0 saturated carbocycles. The van der Waals surface area contributed by atoms with E-state index in [1.165, 1.54) is 12.8 Å². The largest absolute Gasteiger partial charge is 0.133 e. The maximum atomic E-state index is 3.56. The van der Waals surface area contributed by atoms with Crippen LogP contribution in [0.15, 0.2) is 18.4 Å². The molecule has 0 heterocycles. The van der Waals surface area contributed by atoms with Gasteiger partial charge in [-0.25, -0.2) is 0 Å². The molecule has 58 valence electrons. The zero-order chi connectivity index (χ0) is 7.98. The van der Waals surface area contributed by atoms with Crippen LogP contribution in [0.25, 0.3) is 0 Å². The third-order valence-electron chi connectivity index (χ3n) is 2.02. The van der Waals surface area contributed by atoms with Crippen LogP contribution in [0.3, 0.4) is 0 Å². The van der Waals surface area contributed by atoms with Crippen molar-refractivity contribution in [2.24, 2.45) is 11.8 Å². The average Bonchev–Trinajstić information content (AvgIpc) is 1.89. The lowest BCUT2D eigenvalue weighted by Gasteiger charge is -2.13. The molecule has 2 unspecified atom stereocenters. The maximum absolute atomic E-state index is 3.56. The Balaban J connectivity index is 3.69. The SMILES string of the molecule is C=C=CC(C)C(C)CCC. The Morgan fingerprint density at radius 1 is 1.50 bits per heavy atom. The first-order valence-electron chi connectivity index (χ1n) is 4.08. The quantitative estimate of drug-likeness (QED) is 0.522.